The third-order valence-electron chi connectivity index (χ3n) is 3.47. The highest BCUT2D eigenvalue weighted by atomic mass is 32.2. The molecule has 0 atom stereocenters. The molecule has 6 nitrogen and oxygen atoms in total. The molecule has 1 heterocycles. The summed E-state index contributed by atoms with van der Waals surface area (Å²) in [6, 6.07) is 6.94. The van der Waals surface area contributed by atoms with Crippen LogP contribution in [0.3, 0.4) is 0 Å². The topological polar surface area (TPSA) is 77.0 Å². The Hall–Kier alpha value is -1.86. The SMILES string of the molecule is CCOCCCN=C1NS(=O)(=O)C(c2ccc(OC)cc2)=C1C. The third-order valence-corrected chi connectivity index (χ3v) is 5.01. The molecule has 2 rings (SSSR count). The van der Waals surface area contributed by atoms with Crippen LogP contribution in [0.5, 0.6) is 5.75 Å². The van der Waals surface area contributed by atoms with Crippen molar-refractivity contribution in [1.82, 2.24) is 4.72 Å². The summed E-state index contributed by atoms with van der Waals surface area (Å²) in [4.78, 5) is 4.61. The van der Waals surface area contributed by atoms with Gasteiger partial charge in [0.2, 0.25) is 0 Å². The fraction of sp³-hybridized carbons (Fsp3) is 0.438. The van der Waals surface area contributed by atoms with Crippen LogP contribution in [0, 0.1) is 0 Å². The molecule has 1 aromatic carbocycles. The molecular formula is C16H22N2O4S. The monoisotopic (exact) mass is 338 g/mol. The minimum Gasteiger partial charge on any atom is -0.497 e. The number of hydrogen-bond acceptors (Lipinski definition) is 5. The third kappa shape index (κ3) is 4.11. The lowest BCUT2D eigenvalue weighted by Gasteiger charge is -2.04. The highest BCUT2D eigenvalue weighted by Crippen LogP contribution is 2.30. The minimum atomic E-state index is -3.58. The van der Waals surface area contributed by atoms with Crippen molar-refractivity contribution in [2.24, 2.45) is 4.99 Å². The maximum Gasteiger partial charge on any atom is 0.264 e. The van der Waals surface area contributed by atoms with E-state index in [4.69, 9.17) is 9.47 Å². The molecule has 0 unspecified atom stereocenters. The van der Waals surface area contributed by atoms with Crippen LogP contribution in [0.2, 0.25) is 0 Å². The van der Waals surface area contributed by atoms with Gasteiger partial charge < -0.3 is 9.47 Å². The molecule has 0 saturated carbocycles. The molecule has 0 fully saturated rings. The summed E-state index contributed by atoms with van der Waals surface area (Å²) >= 11 is 0. The van der Waals surface area contributed by atoms with E-state index < -0.39 is 10.0 Å². The van der Waals surface area contributed by atoms with Gasteiger partial charge in [0.1, 0.15) is 16.5 Å². The van der Waals surface area contributed by atoms with Gasteiger partial charge in [-0.3, -0.25) is 9.71 Å². The van der Waals surface area contributed by atoms with Gasteiger partial charge in [-0.25, -0.2) is 8.42 Å². The molecular weight excluding hydrogens is 316 g/mol. The van der Waals surface area contributed by atoms with Crippen LogP contribution in [0.1, 0.15) is 25.8 Å². The van der Waals surface area contributed by atoms with Gasteiger partial charge in [-0.15, -0.1) is 0 Å². The summed E-state index contributed by atoms with van der Waals surface area (Å²) in [7, 11) is -2.01. The van der Waals surface area contributed by atoms with E-state index in [-0.39, 0.29) is 4.91 Å². The average molecular weight is 338 g/mol. The van der Waals surface area contributed by atoms with E-state index in [0.29, 0.717) is 42.5 Å². The van der Waals surface area contributed by atoms with E-state index in [9.17, 15) is 8.42 Å². The number of ether oxygens (including phenoxy) is 2. The van der Waals surface area contributed by atoms with E-state index in [1.165, 1.54) is 0 Å². The summed E-state index contributed by atoms with van der Waals surface area (Å²) in [6.45, 7) is 5.51. The minimum absolute atomic E-state index is 0.267. The van der Waals surface area contributed by atoms with E-state index in [1.54, 1.807) is 38.3 Å². The normalized spacial score (nSPS) is 18.3. The zero-order valence-corrected chi connectivity index (χ0v) is 14.4. The lowest BCUT2D eigenvalue weighted by atomic mass is 10.1. The van der Waals surface area contributed by atoms with Crippen molar-refractivity contribution >= 4 is 20.8 Å². The van der Waals surface area contributed by atoms with Crippen LogP contribution < -0.4 is 9.46 Å². The maximum atomic E-state index is 12.4. The predicted molar refractivity (Wildman–Crippen MR) is 91.1 cm³/mol. The van der Waals surface area contributed by atoms with Gasteiger partial charge in [0.15, 0.2) is 0 Å². The van der Waals surface area contributed by atoms with Crippen LogP contribution in [-0.2, 0) is 14.8 Å². The molecule has 0 saturated heterocycles. The first kappa shape index (κ1) is 17.5. The van der Waals surface area contributed by atoms with Crippen molar-refractivity contribution in [3.63, 3.8) is 0 Å². The number of hydrogen-bond donors (Lipinski definition) is 1. The molecule has 126 valence electrons. The van der Waals surface area contributed by atoms with Crippen molar-refractivity contribution in [3.05, 3.63) is 35.4 Å². The lowest BCUT2D eigenvalue weighted by Crippen LogP contribution is -2.24. The van der Waals surface area contributed by atoms with Crippen molar-refractivity contribution in [3.8, 4) is 5.75 Å². The Bertz CT molecular complexity index is 706. The van der Waals surface area contributed by atoms with E-state index in [1.807, 2.05) is 6.92 Å². The zero-order chi connectivity index (χ0) is 16.9. The summed E-state index contributed by atoms with van der Waals surface area (Å²) in [6.07, 6.45) is 0.754. The summed E-state index contributed by atoms with van der Waals surface area (Å²) in [5.74, 6) is 1.09. The molecule has 1 aliphatic heterocycles. The summed E-state index contributed by atoms with van der Waals surface area (Å²) in [5.41, 5.74) is 1.25. The Morgan fingerprint density at radius 3 is 2.52 bits per heavy atom. The van der Waals surface area contributed by atoms with E-state index >= 15 is 0 Å². The standard InChI is InChI=1S/C16H22N2O4S/c1-4-22-11-5-10-17-16-12(2)15(23(19,20)18-16)13-6-8-14(21-3)9-7-13/h6-9H,4-5,10-11H2,1-3H3,(H,17,18). The Balaban J connectivity index is 2.23. The average Bonchev–Trinajstić information content (AvgIpc) is 2.76. The molecule has 0 aromatic heterocycles. The molecule has 0 aliphatic carbocycles. The molecule has 7 heteroatoms. The second-order valence-electron chi connectivity index (χ2n) is 5.07. The van der Waals surface area contributed by atoms with Gasteiger partial charge in [0.25, 0.3) is 10.0 Å². The van der Waals surface area contributed by atoms with E-state index in [2.05, 4.69) is 9.71 Å². The first-order chi connectivity index (χ1) is 11.0. The number of sulfonamides is 1. The first-order valence-electron chi connectivity index (χ1n) is 7.50. The number of nitrogens with one attached hydrogen (secondary N) is 1. The van der Waals surface area contributed by atoms with Crippen LogP contribution in [0.15, 0.2) is 34.8 Å². The Morgan fingerprint density at radius 1 is 1.22 bits per heavy atom. The quantitative estimate of drug-likeness (QED) is 0.773. The molecule has 0 radical (unpaired) electrons. The van der Waals surface area contributed by atoms with Crippen LogP contribution in [0.4, 0.5) is 0 Å². The lowest BCUT2D eigenvalue weighted by molar-refractivity contribution is 0.146. The summed E-state index contributed by atoms with van der Waals surface area (Å²) in [5, 5.41) is 0. The van der Waals surface area contributed by atoms with Crippen molar-refractivity contribution in [1.29, 1.82) is 0 Å². The van der Waals surface area contributed by atoms with Gasteiger partial charge in [-0.2, -0.15) is 0 Å². The second-order valence-corrected chi connectivity index (χ2v) is 6.69. The van der Waals surface area contributed by atoms with Gasteiger partial charge in [-0.05, 0) is 50.1 Å². The van der Waals surface area contributed by atoms with Crippen molar-refractivity contribution < 1.29 is 17.9 Å². The van der Waals surface area contributed by atoms with Gasteiger partial charge >= 0.3 is 0 Å². The van der Waals surface area contributed by atoms with Crippen LogP contribution >= 0.6 is 0 Å². The number of benzene rings is 1. The first-order valence-corrected chi connectivity index (χ1v) is 8.98. The van der Waals surface area contributed by atoms with Crippen molar-refractivity contribution in [2.45, 2.75) is 20.3 Å². The number of methoxy groups -OCH3 is 1. The smallest absolute Gasteiger partial charge is 0.264 e. The van der Waals surface area contributed by atoms with Gasteiger partial charge in [0.05, 0.1) is 7.11 Å². The number of nitrogens with zero attached hydrogens (tertiary/aromatic N) is 1. The van der Waals surface area contributed by atoms with Gasteiger partial charge in [-0.1, -0.05) is 0 Å². The summed E-state index contributed by atoms with van der Waals surface area (Å²) < 4.78 is 37.6. The highest BCUT2D eigenvalue weighted by Gasteiger charge is 2.32. The Morgan fingerprint density at radius 2 is 1.91 bits per heavy atom. The largest absolute Gasteiger partial charge is 0.497 e. The Kier molecular flexibility index (Phi) is 5.79. The number of rotatable bonds is 7. The predicted octanol–water partition coefficient (Wildman–Crippen LogP) is 2.18. The molecule has 0 bridgehead atoms. The van der Waals surface area contributed by atoms with Crippen molar-refractivity contribution in [2.75, 3.05) is 26.9 Å². The zero-order valence-electron chi connectivity index (χ0n) is 13.6. The molecule has 23 heavy (non-hydrogen) atoms. The number of aliphatic imine (C=N–C) groups is 1. The fourth-order valence-corrected chi connectivity index (χ4v) is 3.85. The van der Waals surface area contributed by atoms with E-state index in [0.717, 1.165) is 6.42 Å². The maximum absolute atomic E-state index is 12.4. The second kappa shape index (κ2) is 7.61. The molecule has 0 spiro atoms. The molecule has 0 amide bonds. The van der Waals surface area contributed by atoms with Crippen LogP contribution in [0.25, 0.3) is 4.91 Å². The van der Waals surface area contributed by atoms with Crippen LogP contribution in [-0.4, -0.2) is 41.1 Å². The fourth-order valence-electron chi connectivity index (χ4n) is 2.33. The highest BCUT2D eigenvalue weighted by molar-refractivity contribution is 8.00. The molecule has 1 aliphatic rings. The molecule has 1 N–H and O–H groups in total. The van der Waals surface area contributed by atoms with Gasteiger partial charge in [0, 0.05) is 25.3 Å². The molecule has 1 aromatic rings. The Labute approximate surface area is 137 Å². The number of amidine groups is 1.